The zero-order chi connectivity index (χ0) is 14.0. The number of hydrogen-bond acceptors (Lipinski definition) is 2. The maximum atomic E-state index is 6.34. The zero-order valence-corrected chi connectivity index (χ0v) is 12.2. The number of aromatic amines is 1. The van der Waals surface area contributed by atoms with Crippen LogP contribution in [0.4, 0.5) is 0 Å². The number of benzene rings is 1. The van der Waals surface area contributed by atoms with Crippen molar-refractivity contribution in [3.05, 3.63) is 41.3 Å². The van der Waals surface area contributed by atoms with Gasteiger partial charge in [-0.15, -0.1) is 0 Å². The van der Waals surface area contributed by atoms with Crippen LogP contribution in [0.5, 0.6) is 0 Å². The van der Waals surface area contributed by atoms with Crippen LogP contribution in [0.2, 0.25) is 0 Å². The van der Waals surface area contributed by atoms with Crippen molar-refractivity contribution in [3.63, 3.8) is 0 Å². The first kappa shape index (κ1) is 13.8. The van der Waals surface area contributed by atoms with Crippen molar-refractivity contribution in [2.75, 3.05) is 0 Å². The monoisotopic (exact) mass is 257 g/mol. The van der Waals surface area contributed by atoms with Crippen LogP contribution < -0.4 is 5.73 Å². The van der Waals surface area contributed by atoms with Gasteiger partial charge in [0.05, 0.1) is 11.2 Å². The third-order valence-corrected chi connectivity index (χ3v) is 3.52. The number of nitrogens with one attached hydrogen (secondary N) is 1. The Bertz CT molecular complexity index is 550. The predicted octanol–water partition coefficient (Wildman–Crippen LogP) is 3.67. The van der Waals surface area contributed by atoms with E-state index in [1.54, 1.807) is 0 Å². The normalized spacial score (nSPS) is 14.4. The highest BCUT2D eigenvalue weighted by Gasteiger charge is 2.25. The molecule has 1 heterocycles. The van der Waals surface area contributed by atoms with E-state index in [1.165, 1.54) is 5.56 Å². The van der Waals surface area contributed by atoms with Gasteiger partial charge in [0.15, 0.2) is 0 Å². The van der Waals surface area contributed by atoms with E-state index >= 15 is 0 Å². The van der Waals surface area contributed by atoms with Crippen LogP contribution in [-0.2, 0) is 5.54 Å². The quantitative estimate of drug-likeness (QED) is 0.878. The molecule has 3 nitrogen and oxygen atoms in total. The molecule has 3 heteroatoms. The van der Waals surface area contributed by atoms with Crippen LogP contribution in [-0.4, -0.2) is 9.97 Å². The molecule has 19 heavy (non-hydrogen) atoms. The van der Waals surface area contributed by atoms with E-state index in [2.05, 4.69) is 43.1 Å². The van der Waals surface area contributed by atoms with Crippen LogP contribution in [0.25, 0.3) is 11.3 Å². The molecule has 0 saturated carbocycles. The summed E-state index contributed by atoms with van der Waals surface area (Å²) in [5, 5.41) is 0. The van der Waals surface area contributed by atoms with E-state index in [0.717, 1.165) is 35.6 Å². The summed E-state index contributed by atoms with van der Waals surface area (Å²) < 4.78 is 0. The lowest BCUT2D eigenvalue weighted by atomic mass is 9.97. The zero-order valence-electron chi connectivity index (χ0n) is 12.2. The van der Waals surface area contributed by atoms with Gasteiger partial charge in [0.25, 0.3) is 0 Å². The molecule has 0 bridgehead atoms. The molecule has 102 valence electrons. The standard InChI is InChI=1S/C16H23N3/c1-5-10-16(4,17)15-18-12(3)14(19-15)13-8-6-11(2)7-9-13/h6-9H,5,10,17H2,1-4H3,(H,18,19). The highest BCUT2D eigenvalue weighted by atomic mass is 15.0. The number of imidazole rings is 1. The highest BCUT2D eigenvalue weighted by molar-refractivity contribution is 5.62. The van der Waals surface area contributed by atoms with Crippen LogP contribution in [0, 0.1) is 13.8 Å². The molecule has 3 N–H and O–H groups in total. The second kappa shape index (κ2) is 5.17. The molecule has 2 rings (SSSR count). The van der Waals surface area contributed by atoms with E-state index in [-0.39, 0.29) is 5.54 Å². The van der Waals surface area contributed by atoms with E-state index < -0.39 is 0 Å². The fraction of sp³-hybridized carbons (Fsp3) is 0.438. The van der Waals surface area contributed by atoms with Crippen molar-refractivity contribution in [2.24, 2.45) is 5.73 Å². The smallest absolute Gasteiger partial charge is 0.126 e. The minimum atomic E-state index is -0.386. The minimum Gasteiger partial charge on any atom is -0.344 e. The molecule has 0 spiro atoms. The molecule has 0 fully saturated rings. The van der Waals surface area contributed by atoms with Gasteiger partial charge in [0, 0.05) is 11.3 Å². The molecule has 0 radical (unpaired) electrons. The van der Waals surface area contributed by atoms with E-state index in [0.29, 0.717) is 0 Å². The van der Waals surface area contributed by atoms with E-state index in [9.17, 15) is 0 Å². The average Bonchev–Trinajstić information content (AvgIpc) is 2.73. The van der Waals surface area contributed by atoms with E-state index in [4.69, 9.17) is 10.7 Å². The summed E-state index contributed by atoms with van der Waals surface area (Å²) in [5.41, 5.74) is 10.4. The minimum absolute atomic E-state index is 0.386. The average molecular weight is 257 g/mol. The summed E-state index contributed by atoms with van der Waals surface area (Å²) in [6, 6.07) is 8.43. The van der Waals surface area contributed by atoms with Gasteiger partial charge in [-0.25, -0.2) is 4.98 Å². The number of H-pyrrole nitrogens is 1. The van der Waals surface area contributed by atoms with Crippen LogP contribution in [0.3, 0.4) is 0 Å². The lowest BCUT2D eigenvalue weighted by Gasteiger charge is -2.21. The molecule has 2 aromatic rings. The lowest BCUT2D eigenvalue weighted by Crippen LogP contribution is -2.34. The Labute approximate surface area is 115 Å². The molecule has 1 atom stereocenters. The lowest BCUT2D eigenvalue weighted by molar-refractivity contribution is 0.423. The second-order valence-electron chi connectivity index (χ2n) is 5.59. The fourth-order valence-electron chi connectivity index (χ4n) is 2.36. The van der Waals surface area contributed by atoms with Gasteiger partial charge in [-0.3, -0.25) is 0 Å². The van der Waals surface area contributed by atoms with Crippen molar-refractivity contribution < 1.29 is 0 Å². The molecule has 0 saturated heterocycles. The number of aromatic nitrogens is 2. The number of rotatable bonds is 4. The Morgan fingerprint density at radius 2 is 1.84 bits per heavy atom. The molecular formula is C16H23N3. The first-order valence-corrected chi connectivity index (χ1v) is 6.87. The predicted molar refractivity (Wildman–Crippen MR) is 79.9 cm³/mol. The highest BCUT2D eigenvalue weighted by Crippen LogP contribution is 2.27. The second-order valence-corrected chi connectivity index (χ2v) is 5.59. The van der Waals surface area contributed by atoms with Gasteiger partial charge < -0.3 is 10.7 Å². The summed E-state index contributed by atoms with van der Waals surface area (Å²) in [7, 11) is 0. The summed E-state index contributed by atoms with van der Waals surface area (Å²) >= 11 is 0. The fourth-order valence-corrected chi connectivity index (χ4v) is 2.36. The summed E-state index contributed by atoms with van der Waals surface area (Å²) in [6.07, 6.45) is 1.97. The molecule has 0 aliphatic rings. The van der Waals surface area contributed by atoms with Crippen LogP contribution in [0.15, 0.2) is 24.3 Å². The molecular weight excluding hydrogens is 234 g/mol. The first-order chi connectivity index (χ1) is 8.94. The van der Waals surface area contributed by atoms with Crippen molar-refractivity contribution in [3.8, 4) is 11.3 Å². The van der Waals surface area contributed by atoms with Crippen molar-refractivity contribution in [2.45, 2.75) is 46.1 Å². The van der Waals surface area contributed by atoms with Crippen molar-refractivity contribution >= 4 is 0 Å². The third-order valence-electron chi connectivity index (χ3n) is 3.52. The Morgan fingerprint density at radius 1 is 1.21 bits per heavy atom. The van der Waals surface area contributed by atoms with Gasteiger partial charge >= 0.3 is 0 Å². The Kier molecular flexibility index (Phi) is 3.76. The number of nitrogens with two attached hydrogens (primary N) is 1. The van der Waals surface area contributed by atoms with Gasteiger partial charge in [-0.05, 0) is 27.2 Å². The van der Waals surface area contributed by atoms with Crippen molar-refractivity contribution in [1.29, 1.82) is 0 Å². The van der Waals surface area contributed by atoms with Crippen LogP contribution >= 0.6 is 0 Å². The molecule has 0 aliphatic carbocycles. The Balaban J connectivity index is 2.39. The summed E-state index contributed by atoms with van der Waals surface area (Å²) in [6.45, 7) is 8.31. The maximum absolute atomic E-state index is 6.34. The largest absolute Gasteiger partial charge is 0.344 e. The van der Waals surface area contributed by atoms with Gasteiger partial charge in [0.2, 0.25) is 0 Å². The van der Waals surface area contributed by atoms with Crippen LogP contribution in [0.1, 0.15) is 43.8 Å². The first-order valence-electron chi connectivity index (χ1n) is 6.87. The maximum Gasteiger partial charge on any atom is 0.126 e. The van der Waals surface area contributed by atoms with Gasteiger partial charge in [-0.2, -0.15) is 0 Å². The SMILES string of the molecule is CCCC(C)(N)c1nc(-c2ccc(C)cc2)c(C)[nH]1. The number of nitrogens with zero attached hydrogens (tertiary/aromatic N) is 1. The Hall–Kier alpha value is -1.61. The molecule has 1 unspecified atom stereocenters. The van der Waals surface area contributed by atoms with Crippen molar-refractivity contribution in [1.82, 2.24) is 9.97 Å². The third kappa shape index (κ3) is 2.87. The number of aryl methyl sites for hydroxylation is 2. The van der Waals surface area contributed by atoms with E-state index in [1.807, 2.05) is 13.8 Å². The Morgan fingerprint density at radius 3 is 2.42 bits per heavy atom. The molecule has 0 aliphatic heterocycles. The summed E-state index contributed by atoms with van der Waals surface area (Å²) in [5.74, 6) is 0.877. The van der Waals surface area contributed by atoms with Gasteiger partial charge in [0.1, 0.15) is 5.82 Å². The topological polar surface area (TPSA) is 54.7 Å². The molecule has 1 aromatic heterocycles. The molecule has 1 aromatic carbocycles. The summed E-state index contributed by atoms with van der Waals surface area (Å²) in [4.78, 5) is 8.07. The van der Waals surface area contributed by atoms with Gasteiger partial charge in [-0.1, -0.05) is 43.2 Å². The molecule has 0 amide bonds. The number of hydrogen-bond donors (Lipinski definition) is 2.